The van der Waals surface area contributed by atoms with Crippen LogP contribution in [0.25, 0.3) is 0 Å². The van der Waals surface area contributed by atoms with E-state index in [4.69, 9.17) is 20.1 Å². The first-order valence-electron chi connectivity index (χ1n) is 5.94. The zero-order chi connectivity index (χ0) is 13.4. The minimum absolute atomic E-state index is 0.0187. The van der Waals surface area contributed by atoms with Gasteiger partial charge in [0.2, 0.25) is 0 Å². The van der Waals surface area contributed by atoms with Gasteiger partial charge < -0.3 is 14.2 Å². The number of hydrogen-bond donors (Lipinski definition) is 2. The smallest absolute Gasteiger partial charge is 0.165 e. The second-order valence-electron chi connectivity index (χ2n) is 3.94. The van der Waals surface area contributed by atoms with Gasteiger partial charge in [0.15, 0.2) is 11.5 Å². The molecule has 18 heavy (non-hydrogen) atoms. The summed E-state index contributed by atoms with van der Waals surface area (Å²) < 4.78 is 15.7. The Kier molecular flexibility index (Phi) is 6.49. The van der Waals surface area contributed by atoms with Crippen molar-refractivity contribution in [2.75, 3.05) is 27.9 Å². The summed E-state index contributed by atoms with van der Waals surface area (Å²) in [5.41, 5.74) is 3.81. The van der Waals surface area contributed by atoms with Crippen LogP contribution in [0, 0.1) is 0 Å². The average molecular weight is 254 g/mol. The molecule has 0 bridgehead atoms. The van der Waals surface area contributed by atoms with Gasteiger partial charge in [0.1, 0.15) is 0 Å². The van der Waals surface area contributed by atoms with Crippen molar-refractivity contribution in [1.29, 1.82) is 0 Å². The maximum atomic E-state index is 5.61. The van der Waals surface area contributed by atoms with E-state index < -0.39 is 0 Å². The summed E-state index contributed by atoms with van der Waals surface area (Å²) in [5.74, 6) is 7.05. The summed E-state index contributed by atoms with van der Waals surface area (Å²) >= 11 is 0. The number of nitrogens with two attached hydrogens (primary N) is 1. The van der Waals surface area contributed by atoms with Crippen molar-refractivity contribution in [1.82, 2.24) is 5.43 Å². The monoisotopic (exact) mass is 254 g/mol. The maximum absolute atomic E-state index is 5.61. The van der Waals surface area contributed by atoms with Crippen LogP contribution in [-0.4, -0.2) is 27.9 Å². The van der Waals surface area contributed by atoms with Gasteiger partial charge in [0.25, 0.3) is 0 Å². The Hall–Kier alpha value is -1.30. The number of nitrogens with one attached hydrogen (secondary N) is 1. The summed E-state index contributed by atoms with van der Waals surface area (Å²) in [6, 6.07) is 5.80. The van der Waals surface area contributed by atoms with E-state index in [1.807, 2.05) is 18.2 Å². The third-order valence-corrected chi connectivity index (χ3v) is 2.85. The Balaban J connectivity index is 2.90. The van der Waals surface area contributed by atoms with Gasteiger partial charge in [-0.3, -0.25) is 11.3 Å². The van der Waals surface area contributed by atoms with Crippen molar-refractivity contribution in [3.05, 3.63) is 23.8 Å². The van der Waals surface area contributed by atoms with E-state index in [1.54, 1.807) is 21.3 Å². The molecule has 1 atom stereocenters. The Labute approximate surface area is 108 Å². The van der Waals surface area contributed by atoms with E-state index in [9.17, 15) is 0 Å². The molecular formula is C13H22N2O3. The van der Waals surface area contributed by atoms with E-state index in [-0.39, 0.29) is 6.04 Å². The number of benzene rings is 1. The summed E-state index contributed by atoms with van der Waals surface area (Å²) in [7, 11) is 4.94. The first-order valence-corrected chi connectivity index (χ1v) is 5.94. The highest BCUT2D eigenvalue weighted by Gasteiger charge is 2.17. The minimum Gasteiger partial charge on any atom is -0.493 e. The molecular weight excluding hydrogens is 232 g/mol. The highest BCUT2D eigenvalue weighted by Crippen LogP contribution is 2.35. The molecule has 0 saturated carbocycles. The zero-order valence-corrected chi connectivity index (χ0v) is 11.2. The lowest BCUT2D eigenvalue weighted by Gasteiger charge is -2.20. The van der Waals surface area contributed by atoms with Gasteiger partial charge >= 0.3 is 0 Å². The molecule has 102 valence electrons. The van der Waals surface area contributed by atoms with Gasteiger partial charge in [0.05, 0.1) is 14.2 Å². The predicted octanol–water partition coefficient (Wildman–Crippen LogP) is 1.63. The molecule has 0 aliphatic heterocycles. The van der Waals surface area contributed by atoms with E-state index in [1.165, 1.54) is 0 Å². The van der Waals surface area contributed by atoms with Gasteiger partial charge in [0, 0.05) is 25.3 Å². The molecule has 0 saturated heterocycles. The Morgan fingerprint density at radius 2 is 2.00 bits per heavy atom. The molecule has 0 heterocycles. The maximum Gasteiger partial charge on any atom is 0.165 e. The van der Waals surface area contributed by atoms with Gasteiger partial charge in [-0.2, -0.15) is 0 Å². The third kappa shape index (κ3) is 3.60. The van der Waals surface area contributed by atoms with Crippen molar-refractivity contribution >= 4 is 0 Å². The molecule has 5 heteroatoms. The Morgan fingerprint density at radius 3 is 2.56 bits per heavy atom. The SMILES string of the molecule is COCCCC(NN)c1cccc(OC)c1OC. The fourth-order valence-corrected chi connectivity index (χ4v) is 1.95. The van der Waals surface area contributed by atoms with Gasteiger partial charge in [-0.05, 0) is 18.9 Å². The second kappa shape index (κ2) is 7.92. The normalized spacial score (nSPS) is 12.2. The Bertz CT molecular complexity index is 358. The van der Waals surface area contributed by atoms with Crippen LogP contribution < -0.4 is 20.7 Å². The summed E-state index contributed by atoms with van der Waals surface area (Å²) in [5, 5.41) is 0. The molecule has 1 rings (SSSR count). The van der Waals surface area contributed by atoms with Crippen LogP contribution in [0.4, 0.5) is 0 Å². The minimum atomic E-state index is 0.0187. The number of para-hydroxylation sites is 1. The van der Waals surface area contributed by atoms with Crippen LogP contribution >= 0.6 is 0 Å². The van der Waals surface area contributed by atoms with Crippen molar-refractivity contribution in [3.63, 3.8) is 0 Å². The van der Waals surface area contributed by atoms with Crippen LogP contribution in [0.3, 0.4) is 0 Å². The van der Waals surface area contributed by atoms with Gasteiger partial charge in [-0.15, -0.1) is 0 Å². The zero-order valence-electron chi connectivity index (χ0n) is 11.2. The van der Waals surface area contributed by atoms with Crippen LogP contribution in [0.1, 0.15) is 24.4 Å². The highest BCUT2D eigenvalue weighted by atomic mass is 16.5. The lowest BCUT2D eigenvalue weighted by molar-refractivity contribution is 0.188. The number of ether oxygens (including phenoxy) is 3. The molecule has 0 aromatic heterocycles. The first-order chi connectivity index (χ1) is 8.78. The topological polar surface area (TPSA) is 65.7 Å². The highest BCUT2D eigenvalue weighted by molar-refractivity contribution is 5.48. The summed E-state index contributed by atoms with van der Waals surface area (Å²) in [4.78, 5) is 0. The molecule has 3 N–H and O–H groups in total. The van der Waals surface area contributed by atoms with Crippen LogP contribution in [-0.2, 0) is 4.74 Å². The average Bonchev–Trinajstić information content (AvgIpc) is 2.42. The number of methoxy groups -OCH3 is 3. The van der Waals surface area contributed by atoms with Crippen molar-refractivity contribution in [2.45, 2.75) is 18.9 Å². The molecule has 0 aliphatic rings. The van der Waals surface area contributed by atoms with E-state index in [2.05, 4.69) is 5.43 Å². The number of hydrazine groups is 1. The van der Waals surface area contributed by atoms with Crippen molar-refractivity contribution in [2.24, 2.45) is 5.84 Å². The summed E-state index contributed by atoms with van der Waals surface area (Å²) in [6.45, 7) is 0.713. The second-order valence-corrected chi connectivity index (χ2v) is 3.94. The van der Waals surface area contributed by atoms with Gasteiger partial charge in [-0.25, -0.2) is 0 Å². The summed E-state index contributed by atoms with van der Waals surface area (Å²) in [6.07, 6.45) is 1.79. The molecule has 0 aliphatic carbocycles. The Morgan fingerprint density at radius 1 is 1.22 bits per heavy atom. The van der Waals surface area contributed by atoms with Crippen LogP contribution in [0.15, 0.2) is 18.2 Å². The van der Waals surface area contributed by atoms with Crippen molar-refractivity contribution < 1.29 is 14.2 Å². The lowest BCUT2D eigenvalue weighted by Crippen LogP contribution is -2.28. The van der Waals surface area contributed by atoms with Crippen molar-refractivity contribution in [3.8, 4) is 11.5 Å². The molecule has 0 spiro atoms. The lowest BCUT2D eigenvalue weighted by atomic mass is 10.0. The first kappa shape index (κ1) is 14.8. The molecule has 1 unspecified atom stereocenters. The van der Waals surface area contributed by atoms with Crippen LogP contribution in [0.5, 0.6) is 11.5 Å². The molecule has 1 aromatic rings. The van der Waals surface area contributed by atoms with E-state index in [0.29, 0.717) is 12.4 Å². The fourth-order valence-electron chi connectivity index (χ4n) is 1.95. The van der Waals surface area contributed by atoms with E-state index >= 15 is 0 Å². The fraction of sp³-hybridized carbons (Fsp3) is 0.538. The molecule has 1 aromatic carbocycles. The van der Waals surface area contributed by atoms with Gasteiger partial charge in [-0.1, -0.05) is 12.1 Å². The third-order valence-electron chi connectivity index (χ3n) is 2.85. The largest absolute Gasteiger partial charge is 0.493 e. The molecule has 5 nitrogen and oxygen atoms in total. The quantitative estimate of drug-likeness (QED) is 0.419. The molecule has 0 radical (unpaired) electrons. The number of hydrogen-bond acceptors (Lipinski definition) is 5. The number of rotatable bonds is 8. The standard InChI is InChI=1S/C13H22N2O3/c1-16-9-5-7-11(15-14)10-6-4-8-12(17-2)13(10)18-3/h4,6,8,11,15H,5,7,9,14H2,1-3H3. The molecule has 0 fully saturated rings. The predicted molar refractivity (Wildman–Crippen MR) is 70.7 cm³/mol. The van der Waals surface area contributed by atoms with E-state index in [0.717, 1.165) is 24.2 Å². The van der Waals surface area contributed by atoms with Crippen LogP contribution in [0.2, 0.25) is 0 Å². The molecule has 0 amide bonds.